The van der Waals surface area contributed by atoms with E-state index in [1.165, 1.54) is 4.40 Å². The van der Waals surface area contributed by atoms with Crippen molar-refractivity contribution in [1.29, 1.82) is 0 Å². The lowest BCUT2D eigenvalue weighted by Gasteiger charge is -2.12. The summed E-state index contributed by atoms with van der Waals surface area (Å²) >= 11 is 18.5. The quantitative estimate of drug-likeness (QED) is 0.241. The van der Waals surface area contributed by atoms with E-state index in [1.807, 2.05) is 38.1 Å². The van der Waals surface area contributed by atoms with Crippen LogP contribution in [0.3, 0.4) is 0 Å². The summed E-state index contributed by atoms with van der Waals surface area (Å²) in [4.78, 5) is 18.3. The van der Waals surface area contributed by atoms with E-state index in [0.29, 0.717) is 43.4 Å². The summed E-state index contributed by atoms with van der Waals surface area (Å²) in [5.74, 6) is 0.464. The summed E-state index contributed by atoms with van der Waals surface area (Å²) in [7, 11) is 0. The van der Waals surface area contributed by atoms with Gasteiger partial charge in [-0.1, -0.05) is 46.9 Å². The number of aryl methyl sites for hydroxylation is 3. The van der Waals surface area contributed by atoms with Crippen LogP contribution in [0.15, 0.2) is 65.6 Å². The van der Waals surface area contributed by atoms with E-state index < -0.39 is 0 Å². The van der Waals surface area contributed by atoms with Crippen LogP contribution in [0.4, 0.5) is 0 Å². The van der Waals surface area contributed by atoms with Gasteiger partial charge in [-0.25, -0.2) is 9.67 Å². The van der Waals surface area contributed by atoms with E-state index >= 15 is 0 Å². The van der Waals surface area contributed by atoms with E-state index in [9.17, 15) is 4.79 Å². The molecule has 3 heterocycles. The van der Waals surface area contributed by atoms with Gasteiger partial charge >= 0.3 is 0 Å². The molecule has 0 N–H and O–H groups in total. The van der Waals surface area contributed by atoms with Crippen LogP contribution < -0.4 is 10.3 Å². The number of pyridine rings is 1. The largest absolute Gasteiger partial charge is 0.485 e. The highest BCUT2D eigenvalue weighted by Crippen LogP contribution is 2.27. The number of nitrogens with zero attached hydrogens (tertiary/aromatic N) is 4. The molecule has 2 aromatic carbocycles. The molecule has 0 amide bonds. The maximum Gasteiger partial charge on any atom is 0.267 e. The zero-order valence-corrected chi connectivity index (χ0v) is 22.0. The maximum atomic E-state index is 13.6. The molecule has 36 heavy (non-hydrogen) atoms. The second-order valence-electron chi connectivity index (χ2n) is 8.48. The predicted molar refractivity (Wildman–Crippen MR) is 144 cm³/mol. The van der Waals surface area contributed by atoms with Crippen LogP contribution in [0.1, 0.15) is 22.5 Å². The minimum absolute atomic E-state index is 0.203. The van der Waals surface area contributed by atoms with Crippen LogP contribution in [0.25, 0.3) is 22.6 Å². The van der Waals surface area contributed by atoms with E-state index in [1.54, 1.807) is 48.1 Å². The van der Waals surface area contributed by atoms with Gasteiger partial charge in [-0.2, -0.15) is 5.10 Å². The Balaban J connectivity index is 1.56. The van der Waals surface area contributed by atoms with Crippen LogP contribution >= 0.6 is 34.8 Å². The normalized spacial score (nSPS) is 11.3. The molecule has 5 rings (SSSR count). The van der Waals surface area contributed by atoms with Gasteiger partial charge in [0, 0.05) is 32.5 Å². The van der Waals surface area contributed by atoms with Crippen LogP contribution in [0.2, 0.25) is 15.1 Å². The van der Waals surface area contributed by atoms with Crippen LogP contribution in [0.5, 0.6) is 5.75 Å². The first kappa shape index (κ1) is 24.4. The fourth-order valence-corrected chi connectivity index (χ4v) is 4.73. The van der Waals surface area contributed by atoms with Gasteiger partial charge in [-0.15, -0.1) is 0 Å². The van der Waals surface area contributed by atoms with Crippen molar-refractivity contribution in [2.75, 3.05) is 0 Å². The molecular weight excluding hydrogens is 519 g/mol. The first-order chi connectivity index (χ1) is 17.2. The van der Waals surface area contributed by atoms with Crippen LogP contribution in [-0.2, 0) is 6.61 Å². The van der Waals surface area contributed by atoms with E-state index in [0.717, 1.165) is 22.5 Å². The molecular formula is C27H21Cl3N4O2. The molecule has 0 fully saturated rings. The van der Waals surface area contributed by atoms with Gasteiger partial charge in [-0.05, 0) is 68.8 Å². The molecule has 6 nitrogen and oxygen atoms in total. The van der Waals surface area contributed by atoms with Crippen molar-refractivity contribution in [2.45, 2.75) is 27.4 Å². The molecule has 0 aliphatic heterocycles. The minimum Gasteiger partial charge on any atom is -0.485 e. The fourth-order valence-electron chi connectivity index (χ4n) is 4.10. The lowest BCUT2D eigenvalue weighted by Crippen LogP contribution is -2.19. The molecule has 5 aromatic rings. The third kappa shape index (κ3) is 4.48. The van der Waals surface area contributed by atoms with E-state index in [-0.39, 0.29) is 12.2 Å². The topological polar surface area (TPSA) is 61.4 Å². The highest BCUT2D eigenvalue weighted by Gasteiger charge is 2.19. The number of hydrogen-bond acceptors (Lipinski definition) is 4. The molecule has 0 atom stereocenters. The highest BCUT2D eigenvalue weighted by molar-refractivity contribution is 6.35. The summed E-state index contributed by atoms with van der Waals surface area (Å²) in [5, 5.41) is 6.41. The lowest BCUT2D eigenvalue weighted by atomic mass is 10.1. The second kappa shape index (κ2) is 9.62. The molecule has 182 valence electrons. The Hall–Kier alpha value is -3.32. The lowest BCUT2D eigenvalue weighted by molar-refractivity contribution is 0.308. The van der Waals surface area contributed by atoms with Gasteiger partial charge in [0.2, 0.25) is 0 Å². The summed E-state index contributed by atoms with van der Waals surface area (Å²) in [5.41, 5.74) is 5.21. The molecule has 0 aliphatic rings. The molecule has 0 saturated heterocycles. The summed E-state index contributed by atoms with van der Waals surface area (Å²) in [6.07, 6.45) is 1.67. The van der Waals surface area contributed by atoms with Gasteiger partial charge in [0.15, 0.2) is 11.4 Å². The number of rotatable bonds is 5. The van der Waals surface area contributed by atoms with Gasteiger partial charge in [0.1, 0.15) is 12.3 Å². The van der Waals surface area contributed by atoms with Gasteiger partial charge < -0.3 is 4.74 Å². The Kier molecular flexibility index (Phi) is 6.51. The molecule has 0 unspecified atom stereocenters. The summed E-state index contributed by atoms with van der Waals surface area (Å²) in [6, 6.07) is 16.2. The Bertz CT molecular complexity index is 1690. The van der Waals surface area contributed by atoms with Gasteiger partial charge in [-0.3, -0.25) is 9.20 Å². The number of hydrogen-bond donors (Lipinski definition) is 0. The maximum absolute atomic E-state index is 13.6. The molecule has 0 saturated carbocycles. The summed E-state index contributed by atoms with van der Waals surface area (Å²) < 4.78 is 9.27. The average Bonchev–Trinajstić information content (AvgIpc) is 3.21. The van der Waals surface area contributed by atoms with Crippen molar-refractivity contribution in [3.63, 3.8) is 0 Å². The number of halogens is 3. The Morgan fingerprint density at radius 1 is 0.944 bits per heavy atom. The first-order valence-corrected chi connectivity index (χ1v) is 12.3. The zero-order valence-electron chi connectivity index (χ0n) is 19.7. The zero-order chi connectivity index (χ0) is 25.6. The van der Waals surface area contributed by atoms with Crippen LogP contribution in [0, 0.1) is 20.8 Å². The Morgan fingerprint density at radius 2 is 1.69 bits per heavy atom. The number of ether oxygens (including phenoxy) is 1. The van der Waals surface area contributed by atoms with Gasteiger partial charge in [0.05, 0.1) is 16.9 Å². The molecule has 0 radical (unpaired) electrons. The minimum atomic E-state index is -0.236. The van der Waals surface area contributed by atoms with Crippen molar-refractivity contribution < 1.29 is 4.74 Å². The standard InChI is InChI=1S/C27H21Cl3N4O2/c1-15-6-8-20(29)13-23(15)34-16(2)11-22(32-34)25-17(3)31-26-24(5-4-10-33(26)27(25)35)36-14-18-7-9-19(28)12-21(18)30/h4-13H,14H2,1-3H3. The molecule has 0 aliphatic carbocycles. The van der Waals surface area contributed by atoms with Crippen molar-refractivity contribution in [3.05, 3.63) is 109 Å². The van der Waals surface area contributed by atoms with E-state index in [2.05, 4.69) is 0 Å². The Morgan fingerprint density at radius 3 is 2.47 bits per heavy atom. The number of aromatic nitrogens is 4. The number of benzene rings is 2. The van der Waals surface area contributed by atoms with Crippen molar-refractivity contribution in [3.8, 4) is 22.7 Å². The molecule has 9 heteroatoms. The van der Waals surface area contributed by atoms with Crippen LogP contribution in [-0.4, -0.2) is 19.2 Å². The van der Waals surface area contributed by atoms with Crippen molar-refractivity contribution >= 4 is 40.4 Å². The smallest absolute Gasteiger partial charge is 0.267 e. The molecule has 3 aromatic heterocycles. The third-order valence-corrected chi connectivity index (χ3v) is 6.76. The third-order valence-electron chi connectivity index (χ3n) is 5.94. The second-order valence-corrected chi connectivity index (χ2v) is 9.76. The highest BCUT2D eigenvalue weighted by atomic mass is 35.5. The molecule has 0 bridgehead atoms. The average molecular weight is 540 g/mol. The summed E-state index contributed by atoms with van der Waals surface area (Å²) in [6.45, 7) is 5.92. The van der Waals surface area contributed by atoms with Crippen molar-refractivity contribution in [1.82, 2.24) is 19.2 Å². The fraction of sp³-hybridized carbons (Fsp3) is 0.148. The molecule has 0 spiro atoms. The first-order valence-electron chi connectivity index (χ1n) is 11.1. The predicted octanol–water partition coefficient (Wildman–Crippen LogP) is 7.01. The number of fused-ring (bicyclic) bond motifs is 1. The Labute approximate surface area is 222 Å². The SMILES string of the molecule is Cc1ccc(Cl)cc1-n1nc(-c2c(C)nc3c(OCc4ccc(Cl)cc4Cl)cccn3c2=O)cc1C. The van der Waals surface area contributed by atoms with E-state index in [4.69, 9.17) is 49.6 Å². The van der Waals surface area contributed by atoms with Crippen molar-refractivity contribution in [2.24, 2.45) is 0 Å². The monoisotopic (exact) mass is 538 g/mol. The van der Waals surface area contributed by atoms with Gasteiger partial charge in [0.25, 0.3) is 5.56 Å².